The Kier molecular flexibility index (Phi) is 5.22. The van der Waals surface area contributed by atoms with Gasteiger partial charge in [-0.15, -0.1) is 0 Å². The van der Waals surface area contributed by atoms with Crippen LogP contribution >= 0.6 is 15.9 Å². The molecule has 9 nitrogen and oxygen atoms in total. The quantitative estimate of drug-likeness (QED) is 0.264. The molecule has 0 atom stereocenters. The highest BCUT2D eigenvalue weighted by Gasteiger charge is 2.37. The monoisotopic (exact) mass is 480 g/mol. The van der Waals surface area contributed by atoms with Crippen molar-refractivity contribution in [2.45, 2.75) is 0 Å². The Labute approximate surface area is 183 Å². The lowest BCUT2D eigenvalue weighted by molar-refractivity contribution is -0.384. The van der Waals surface area contributed by atoms with Gasteiger partial charge in [0.1, 0.15) is 5.57 Å². The minimum atomic E-state index is -0.833. The molecular weight excluding hydrogens is 468 g/mol. The van der Waals surface area contributed by atoms with E-state index in [1.165, 1.54) is 18.2 Å². The highest BCUT2D eigenvalue weighted by molar-refractivity contribution is 9.10. The second kappa shape index (κ2) is 8.00. The molecule has 1 N–H and O–H groups in total. The fourth-order valence-electron chi connectivity index (χ4n) is 3.11. The summed E-state index contributed by atoms with van der Waals surface area (Å²) >= 11 is 3.29. The van der Waals surface area contributed by atoms with Crippen molar-refractivity contribution in [2.24, 2.45) is 0 Å². The molecule has 3 aromatic rings. The standard InChI is InChI=1S/C21H13BrN4O5/c22-13-3-5-15(6-4-13)25-20(28)18(19(27)23-21(25)29)12-17-2-1-11-24(17)14-7-9-16(10-8-14)26(30)31/h1-12H,(H,23,27,29)/b18-12+. The molecule has 2 heterocycles. The highest BCUT2D eigenvalue weighted by atomic mass is 79.9. The molecule has 0 spiro atoms. The summed E-state index contributed by atoms with van der Waals surface area (Å²) in [6, 6.07) is 14.9. The molecule has 10 heteroatoms. The lowest BCUT2D eigenvalue weighted by atomic mass is 10.1. The van der Waals surface area contributed by atoms with E-state index in [1.807, 2.05) is 0 Å². The predicted octanol–water partition coefficient (Wildman–Crippen LogP) is 3.81. The van der Waals surface area contributed by atoms with Gasteiger partial charge < -0.3 is 4.57 Å². The van der Waals surface area contributed by atoms with Crippen LogP contribution in [0.3, 0.4) is 0 Å². The number of benzene rings is 2. The van der Waals surface area contributed by atoms with Gasteiger partial charge >= 0.3 is 6.03 Å². The third-order valence-corrected chi connectivity index (χ3v) is 5.13. The van der Waals surface area contributed by atoms with Gasteiger partial charge in [-0.2, -0.15) is 0 Å². The van der Waals surface area contributed by atoms with Crippen LogP contribution < -0.4 is 10.2 Å². The van der Waals surface area contributed by atoms with Crippen LogP contribution in [0, 0.1) is 10.1 Å². The molecule has 4 rings (SSSR count). The number of nitrogens with zero attached hydrogens (tertiary/aromatic N) is 3. The molecule has 1 saturated heterocycles. The van der Waals surface area contributed by atoms with Crippen LogP contribution in [0.2, 0.25) is 0 Å². The average Bonchev–Trinajstić information content (AvgIpc) is 3.20. The van der Waals surface area contributed by atoms with Crippen molar-refractivity contribution in [3.8, 4) is 5.69 Å². The summed E-state index contributed by atoms with van der Waals surface area (Å²) < 4.78 is 2.44. The average molecular weight is 481 g/mol. The summed E-state index contributed by atoms with van der Waals surface area (Å²) in [5.74, 6) is -1.56. The van der Waals surface area contributed by atoms with Crippen molar-refractivity contribution in [1.82, 2.24) is 9.88 Å². The highest BCUT2D eigenvalue weighted by Crippen LogP contribution is 2.25. The number of carbonyl (C=O) groups excluding carboxylic acids is 3. The van der Waals surface area contributed by atoms with E-state index in [4.69, 9.17) is 0 Å². The lowest BCUT2D eigenvalue weighted by Crippen LogP contribution is -2.54. The fraction of sp³-hybridized carbons (Fsp3) is 0. The predicted molar refractivity (Wildman–Crippen MR) is 116 cm³/mol. The number of nitro groups is 1. The van der Waals surface area contributed by atoms with E-state index in [0.717, 1.165) is 9.37 Å². The number of aromatic nitrogens is 1. The van der Waals surface area contributed by atoms with Crippen LogP contribution in [-0.4, -0.2) is 27.3 Å². The van der Waals surface area contributed by atoms with Crippen LogP contribution in [-0.2, 0) is 9.59 Å². The second-order valence-corrected chi connectivity index (χ2v) is 7.43. The molecule has 1 aromatic heterocycles. The number of amides is 4. The Morgan fingerprint density at radius 1 is 0.935 bits per heavy atom. The summed E-state index contributed by atoms with van der Waals surface area (Å²) in [4.78, 5) is 49.0. The molecule has 31 heavy (non-hydrogen) atoms. The summed E-state index contributed by atoms with van der Waals surface area (Å²) in [6.07, 6.45) is 3.06. The van der Waals surface area contributed by atoms with Gasteiger partial charge in [0.05, 0.1) is 10.6 Å². The molecule has 1 fully saturated rings. The third-order valence-electron chi connectivity index (χ3n) is 4.60. The molecule has 0 unspecified atom stereocenters. The number of rotatable bonds is 4. The van der Waals surface area contributed by atoms with Gasteiger partial charge in [-0.05, 0) is 54.6 Å². The van der Waals surface area contributed by atoms with E-state index in [2.05, 4.69) is 21.2 Å². The van der Waals surface area contributed by atoms with E-state index < -0.39 is 22.8 Å². The Bertz CT molecular complexity index is 1250. The van der Waals surface area contributed by atoms with Crippen LogP contribution in [0.15, 0.2) is 76.9 Å². The first kappa shape index (κ1) is 20.2. The fourth-order valence-corrected chi connectivity index (χ4v) is 3.38. The smallest absolute Gasteiger partial charge is 0.317 e. The first-order valence-corrected chi connectivity index (χ1v) is 9.73. The molecular formula is C21H13BrN4O5. The number of nitrogens with one attached hydrogen (secondary N) is 1. The van der Waals surface area contributed by atoms with Gasteiger partial charge in [0.2, 0.25) is 0 Å². The molecule has 0 radical (unpaired) electrons. The first-order chi connectivity index (χ1) is 14.8. The summed E-state index contributed by atoms with van der Waals surface area (Å²) in [7, 11) is 0. The largest absolute Gasteiger partial charge is 0.335 e. The van der Waals surface area contributed by atoms with Gasteiger partial charge in [0.15, 0.2) is 0 Å². The molecule has 0 aliphatic carbocycles. The molecule has 0 bridgehead atoms. The SMILES string of the molecule is O=C1NC(=O)N(c2ccc(Br)cc2)C(=O)/C1=C/c1cccn1-c1ccc([N+](=O)[O-])cc1. The van der Waals surface area contributed by atoms with Crippen molar-refractivity contribution in [2.75, 3.05) is 4.90 Å². The molecule has 2 aromatic carbocycles. The zero-order valence-electron chi connectivity index (χ0n) is 15.7. The number of non-ortho nitro benzene ring substituents is 1. The van der Waals surface area contributed by atoms with Crippen molar-refractivity contribution in [3.63, 3.8) is 0 Å². The second-order valence-electron chi connectivity index (χ2n) is 6.51. The normalized spacial score (nSPS) is 15.3. The van der Waals surface area contributed by atoms with Crippen molar-refractivity contribution < 1.29 is 19.3 Å². The number of carbonyl (C=O) groups is 3. The van der Waals surface area contributed by atoms with E-state index in [-0.39, 0.29) is 11.3 Å². The first-order valence-electron chi connectivity index (χ1n) is 8.94. The maximum absolute atomic E-state index is 13.0. The third kappa shape index (κ3) is 3.88. The zero-order valence-corrected chi connectivity index (χ0v) is 17.3. The Hall–Kier alpha value is -4.05. The van der Waals surface area contributed by atoms with Crippen molar-refractivity contribution in [1.29, 1.82) is 0 Å². The number of hydrogen-bond acceptors (Lipinski definition) is 5. The van der Waals surface area contributed by atoms with Gasteiger partial charge in [-0.1, -0.05) is 15.9 Å². The summed E-state index contributed by atoms with van der Waals surface area (Å²) in [5, 5.41) is 13.0. The topological polar surface area (TPSA) is 115 Å². The van der Waals surface area contributed by atoms with Gasteiger partial charge in [0.25, 0.3) is 17.5 Å². The summed E-state index contributed by atoms with van der Waals surface area (Å²) in [5.41, 5.74) is 1.13. The Morgan fingerprint density at radius 3 is 2.23 bits per heavy atom. The number of nitro benzene ring substituents is 1. The Balaban J connectivity index is 1.71. The lowest BCUT2D eigenvalue weighted by Gasteiger charge is -2.26. The van der Waals surface area contributed by atoms with Crippen molar-refractivity contribution in [3.05, 3.63) is 92.7 Å². The van der Waals surface area contributed by atoms with Crippen molar-refractivity contribution >= 4 is 51.2 Å². The van der Waals surface area contributed by atoms with Crippen LogP contribution in [0.5, 0.6) is 0 Å². The van der Waals surface area contributed by atoms with Gasteiger partial charge in [-0.25, -0.2) is 9.69 Å². The van der Waals surface area contributed by atoms with Gasteiger partial charge in [0, 0.05) is 34.2 Å². The molecule has 0 saturated carbocycles. The number of hydrogen-bond donors (Lipinski definition) is 1. The maximum atomic E-state index is 13.0. The van der Waals surface area contributed by atoms with E-state index >= 15 is 0 Å². The van der Waals surface area contributed by atoms with E-state index in [9.17, 15) is 24.5 Å². The van der Waals surface area contributed by atoms with E-state index in [1.54, 1.807) is 59.3 Å². The number of urea groups is 1. The number of barbiturate groups is 1. The van der Waals surface area contributed by atoms with E-state index in [0.29, 0.717) is 17.1 Å². The van der Waals surface area contributed by atoms with Gasteiger partial charge in [-0.3, -0.25) is 25.0 Å². The van der Waals surface area contributed by atoms with Crippen LogP contribution in [0.4, 0.5) is 16.2 Å². The molecule has 1 aliphatic rings. The number of imide groups is 2. The molecule has 1 aliphatic heterocycles. The summed E-state index contributed by atoms with van der Waals surface area (Å²) in [6.45, 7) is 0. The number of anilines is 1. The minimum Gasteiger partial charge on any atom is -0.317 e. The van der Waals surface area contributed by atoms with Crippen LogP contribution in [0.25, 0.3) is 11.8 Å². The molecule has 4 amide bonds. The van der Waals surface area contributed by atoms with Crippen LogP contribution in [0.1, 0.15) is 5.69 Å². The maximum Gasteiger partial charge on any atom is 0.335 e. The minimum absolute atomic E-state index is 0.0544. The molecule has 154 valence electrons. The zero-order chi connectivity index (χ0) is 22.1. The Morgan fingerprint density at radius 2 is 1.58 bits per heavy atom. The number of halogens is 1.